The van der Waals surface area contributed by atoms with Gasteiger partial charge in [0.1, 0.15) is 5.66 Å². The molecule has 5 heteroatoms. The monoisotopic (exact) mass is 446 g/mol. The molecule has 2 unspecified atom stereocenters. The number of aliphatic hydroxyl groups is 1. The highest BCUT2D eigenvalue weighted by Gasteiger charge is 2.37. The summed E-state index contributed by atoms with van der Waals surface area (Å²) in [6.07, 6.45) is 0.0690. The van der Waals surface area contributed by atoms with Crippen molar-refractivity contribution in [1.82, 2.24) is 0 Å². The van der Waals surface area contributed by atoms with Crippen molar-refractivity contribution in [3.63, 3.8) is 0 Å². The minimum absolute atomic E-state index is 0.0690. The molecule has 0 aliphatic heterocycles. The van der Waals surface area contributed by atoms with Crippen molar-refractivity contribution in [2.24, 2.45) is 0 Å². The third-order valence-electron chi connectivity index (χ3n) is 5.88. The average molecular weight is 446 g/mol. The van der Waals surface area contributed by atoms with Gasteiger partial charge in [-0.1, -0.05) is 72.8 Å². The van der Waals surface area contributed by atoms with Crippen LogP contribution in [0.2, 0.25) is 0 Å². The summed E-state index contributed by atoms with van der Waals surface area (Å²) in [5, 5.41) is 13.8. The predicted molar refractivity (Wildman–Crippen MR) is 130 cm³/mol. The minimum atomic E-state index is -3.31. The van der Waals surface area contributed by atoms with E-state index in [1.807, 2.05) is 78.9 Å². The van der Waals surface area contributed by atoms with Crippen molar-refractivity contribution < 1.29 is 19.0 Å². The number of hydrogen-bond donors (Lipinski definition) is 1. The molecule has 0 radical (unpaired) electrons. The molecule has 164 valence electrons. The SMILES string of the molecule is CCOP(C)(=O)C(C(=O)Cc1cc2ccccc2cc1CO)c1cccc2ccccc12. The van der Waals surface area contributed by atoms with E-state index in [0.717, 1.165) is 32.7 Å². The lowest BCUT2D eigenvalue weighted by atomic mass is 9.94. The van der Waals surface area contributed by atoms with E-state index < -0.39 is 13.0 Å². The van der Waals surface area contributed by atoms with Crippen molar-refractivity contribution >= 4 is 34.7 Å². The topological polar surface area (TPSA) is 63.6 Å². The molecule has 0 aliphatic rings. The van der Waals surface area contributed by atoms with Gasteiger partial charge in [0.2, 0.25) is 7.37 Å². The number of fused-ring (bicyclic) bond motifs is 2. The van der Waals surface area contributed by atoms with Crippen molar-refractivity contribution in [2.75, 3.05) is 13.3 Å². The van der Waals surface area contributed by atoms with Crippen LogP contribution < -0.4 is 0 Å². The summed E-state index contributed by atoms with van der Waals surface area (Å²) >= 11 is 0. The van der Waals surface area contributed by atoms with Gasteiger partial charge in [-0.2, -0.15) is 0 Å². The molecule has 2 atom stereocenters. The van der Waals surface area contributed by atoms with E-state index in [1.165, 1.54) is 0 Å². The average Bonchev–Trinajstić information content (AvgIpc) is 2.78. The second-order valence-corrected chi connectivity index (χ2v) is 10.7. The van der Waals surface area contributed by atoms with Crippen LogP contribution in [0.25, 0.3) is 21.5 Å². The summed E-state index contributed by atoms with van der Waals surface area (Å²) in [5.41, 5.74) is 1.29. The normalized spacial score (nSPS) is 14.3. The van der Waals surface area contributed by atoms with Gasteiger partial charge in [0.15, 0.2) is 5.78 Å². The molecule has 4 aromatic rings. The number of Topliss-reactive ketones (excluding diaryl/α,β-unsaturated/α-hetero) is 1. The second kappa shape index (κ2) is 9.38. The molecule has 0 fully saturated rings. The van der Waals surface area contributed by atoms with Gasteiger partial charge >= 0.3 is 0 Å². The van der Waals surface area contributed by atoms with Crippen LogP contribution in [-0.2, 0) is 26.9 Å². The number of benzene rings is 4. The first kappa shape index (κ1) is 22.4. The zero-order valence-electron chi connectivity index (χ0n) is 18.3. The van der Waals surface area contributed by atoms with Crippen molar-refractivity contribution in [1.29, 1.82) is 0 Å². The maximum Gasteiger partial charge on any atom is 0.214 e. The molecule has 4 rings (SSSR count). The van der Waals surface area contributed by atoms with Gasteiger partial charge in [0.05, 0.1) is 13.2 Å². The highest BCUT2D eigenvalue weighted by Crippen LogP contribution is 2.58. The molecule has 4 nitrogen and oxygen atoms in total. The van der Waals surface area contributed by atoms with Crippen LogP contribution in [0.5, 0.6) is 0 Å². The van der Waals surface area contributed by atoms with E-state index >= 15 is 0 Å². The Morgan fingerprint density at radius 2 is 1.50 bits per heavy atom. The fraction of sp³-hybridized carbons (Fsp3) is 0.222. The van der Waals surface area contributed by atoms with Gasteiger partial charge in [-0.3, -0.25) is 9.36 Å². The standard InChI is InChI=1S/C27H27O4P/c1-3-31-32(2,30)27(25-14-8-12-19-9-6-7-13-24(19)25)26(29)17-22-15-20-10-4-5-11-21(20)16-23(22)18-28/h4-16,27-28H,3,17-18H2,1-2H3. The van der Waals surface area contributed by atoms with Gasteiger partial charge in [-0.05, 0) is 51.2 Å². The number of aliphatic hydroxyl groups excluding tert-OH is 1. The summed E-state index contributed by atoms with van der Waals surface area (Å²) in [5.74, 6) is -0.175. The van der Waals surface area contributed by atoms with E-state index in [0.29, 0.717) is 5.56 Å². The van der Waals surface area contributed by atoms with E-state index in [1.54, 1.807) is 13.6 Å². The number of hydrogen-bond acceptors (Lipinski definition) is 4. The quantitative estimate of drug-likeness (QED) is 0.324. The number of carbonyl (C=O) groups excluding carboxylic acids is 1. The largest absolute Gasteiger partial charge is 0.392 e. The first-order valence-corrected chi connectivity index (χ1v) is 12.9. The zero-order chi connectivity index (χ0) is 22.7. The molecule has 0 saturated carbocycles. The molecule has 0 aromatic heterocycles. The van der Waals surface area contributed by atoms with E-state index in [9.17, 15) is 14.5 Å². The fourth-order valence-electron chi connectivity index (χ4n) is 4.44. The lowest BCUT2D eigenvalue weighted by molar-refractivity contribution is -0.118. The maximum absolute atomic E-state index is 13.7. The van der Waals surface area contributed by atoms with Gasteiger partial charge < -0.3 is 9.63 Å². The Hall–Kier alpha value is -2.78. The zero-order valence-corrected chi connectivity index (χ0v) is 19.2. The van der Waals surface area contributed by atoms with E-state index in [4.69, 9.17) is 4.52 Å². The van der Waals surface area contributed by atoms with Crippen LogP contribution in [0.1, 0.15) is 29.3 Å². The smallest absolute Gasteiger partial charge is 0.214 e. The molecule has 0 heterocycles. The molecule has 0 saturated heterocycles. The molecular formula is C27H27O4P. The third kappa shape index (κ3) is 4.40. The van der Waals surface area contributed by atoms with Gasteiger partial charge in [-0.15, -0.1) is 0 Å². The molecule has 0 aliphatic carbocycles. The number of ketones is 1. The van der Waals surface area contributed by atoms with Crippen LogP contribution in [-0.4, -0.2) is 24.2 Å². The Labute approximate surface area is 188 Å². The molecule has 32 heavy (non-hydrogen) atoms. The Morgan fingerprint density at radius 3 is 2.16 bits per heavy atom. The Balaban J connectivity index is 1.81. The molecule has 4 aromatic carbocycles. The van der Waals surface area contributed by atoms with Crippen molar-refractivity contribution in [3.8, 4) is 0 Å². The lowest BCUT2D eigenvalue weighted by Gasteiger charge is -2.25. The number of carbonyl (C=O) groups is 1. The van der Waals surface area contributed by atoms with Crippen LogP contribution in [0.4, 0.5) is 0 Å². The van der Waals surface area contributed by atoms with Gasteiger partial charge in [0, 0.05) is 13.1 Å². The van der Waals surface area contributed by atoms with Crippen LogP contribution in [0, 0.1) is 0 Å². The third-order valence-corrected chi connectivity index (χ3v) is 8.16. The molecule has 0 bridgehead atoms. The van der Waals surface area contributed by atoms with Crippen LogP contribution in [0.3, 0.4) is 0 Å². The van der Waals surface area contributed by atoms with E-state index in [-0.39, 0.29) is 25.4 Å². The highest BCUT2D eigenvalue weighted by molar-refractivity contribution is 7.59. The summed E-state index contributed by atoms with van der Waals surface area (Å²) in [6.45, 7) is 3.43. The Morgan fingerprint density at radius 1 is 0.906 bits per heavy atom. The van der Waals surface area contributed by atoms with Crippen molar-refractivity contribution in [2.45, 2.75) is 25.6 Å². The summed E-state index contributed by atoms with van der Waals surface area (Å²) in [7, 11) is -3.31. The summed E-state index contributed by atoms with van der Waals surface area (Å²) in [4.78, 5) is 13.7. The summed E-state index contributed by atoms with van der Waals surface area (Å²) < 4.78 is 19.3. The highest BCUT2D eigenvalue weighted by atomic mass is 31.2. The van der Waals surface area contributed by atoms with E-state index in [2.05, 4.69) is 0 Å². The predicted octanol–water partition coefficient (Wildman–Crippen LogP) is 6.28. The minimum Gasteiger partial charge on any atom is -0.392 e. The Kier molecular flexibility index (Phi) is 6.57. The molecular weight excluding hydrogens is 419 g/mol. The number of rotatable bonds is 8. The molecule has 0 spiro atoms. The molecule has 0 amide bonds. The molecule has 1 N–H and O–H groups in total. The maximum atomic E-state index is 13.7. The summed E-state index contributed by atoms with van der Waals surface area (Å²) in [6, 6.07) is 25.2. The van der Waals surface area contributed by atoms with Gasteiger partial charge in [-0.25, -0.2) is 0 Å². The second-order valence-electron chi connectivity index (χ2n) is 8.07. The lowest BCUT2D eigenvalue weighted by Crippen LogP contribution is -2.18. The van der Waals surface area contributed by atoms with Crippen molar-refractivity contribution in [3.05, 3.63) is 95.6 Å². The fourth-order valence-corrected chi connectivity index (χ4v) is 6.44. The first-order chi connectivity index (χ1) is 15.4. The van der Waals surface area contributed by atoms with Gasteiger partial charge in [0.25, 0.3) is 0 Å². The first-order valence-electron chi connectivity index (χ1n) is 10.8. The van der Waals surface area contributed by atoms with Crippen LogP contribution >= 0.6 is 7.37 Å². The van der Waals surface area contributed by atoms with Crippen LogP contribution in [0.15, 0.2) is 78.9 Å². The Bertz CT molecular complexity index is 1320.